The number of rotatable bonds is 6. The molecule has 1 saturated heterocycles. The predicted molar refractivity (Wildman–Crippen MR) is 105 cm³/mol. The fraction of sp³-hybridized carbons (Fsp3) is 0.619. The van der Waals surface area contributed by atoms with Gasteiger partial charge in [0.2, 0.25) is 0 Å². The van der Waals surface area contributed by atoms with E-state index in [1.807, 2.05) is 16.6 Å². The van der Waals surface area contributed by atoms with E-state index in [0.717, 1.165) is 36.1 Å². The fourth-order valence-corrected chi connectivity index (χ4v) is 4.36. The predicted octanol–water partition coefficient (Wildman–Crippen LogP) is 2.12. The smallest absolute Gasteiger partial charge is 0.255 e. The highest BCUT2D eigenvalue weighted by atomic mass is 16.3. The third kappa shape index (κ3) is 3.60. The van der Waals surface area contributed by atoms with Crippen molar-refractivity contribution in [1.82, 2.24) is 20.0 Å². The van der Waals surface area contributed by atoms with Crippen LogP contribution in [0.25, 0.3) is 10.9 Å². The summed E-state index contributed by atoms with van der Waals surface area (Å²) in [6.07, 6.45) is 5.10. The van der Waals surface area contributed by atoms with Crippen LogP contribution in [0, 0.1) is 12.8 Å². The summed E-state index contributed by atoms with van der Waals surface area (Å²) in [5.74, 6) is 0.530. The number of carbonyl (C=O) groups is 1. The molecule has 6 heteroatoms. The molecule has 1 aliphatic carbocycles. The number of hydrogen-bond donors (Lipinski definition) is 2. The monoisotopic (exact) mass is 370 g/mol. The van der Waals surface area contributed by atoms with Crippen LogP contribution in [-0.2, 0) is 18.4 Å². The van der Waals surface area contributed by atoms with Gasteiger partial charge in [0.15, 0.2) is 5.60 Å². The minimum absolute atomic E-state index is 0.102. The number of carbonyl (C=O) groups excluding carboxylic acids is 1. The number of nitrogens with one attached hydrogen (secondary N) is 1. The molecule has 1 aliphatic heterocycles. The number of amides is 1. The molecule has 2 aromatic rings. The summed E-state index contributed by atoms with van der Waals surface area (Å²) >= 11 is 0. The molecular weight excluding hydrogens is 340 g/mol. The Hall–Kier alpha value is -1.92. The minimum atomic E-state index is -1.29. The number of fused-ring (bicyclic) bond motifs is 1. The summed E-state index contributed by atoms with van der Waals surface area (Å²) in [5, 5.41) is 20.0. The van der Waals surface area contributed by atoms with E-state index in [1.165, 1.54) is 24.8 Å². The van der Waals surface area contributed by atoms with E-state index in [9.17, 15) is 9.90 Å². The molecule has 146 valence electrons. The van der Waals surface area contributed by atoms with Crippen LogP contribution in [0.3, 0.4) is 0 Å². The zero-order chi connectivity index (χ0) is 19.0. The van der Waals surface area contributed by atoms with Crippen molar-refractivity contribution in [2.75, 3.05) is 19.6 Å². The van der Waals surface area contributed by atoms with E-state index in [-0.39, 0.29) is 12.5 Å². The van der Waals surface area contributed by atoms with Crippen LogP contribution in [0.4, 0.5) is 0 Å². The Bertz CT molecular complexity index is 842. The lowest BCUT2D eigenvalue weighted by Crippen LogP contribution is -2.58. The summed E-state index contributed by atoms with van der Waals surface area (Å²) in [5.41, 5.74) is 1.96. The van der Waals surface area contributed by atoms with Gasteiger partial charge < -0.3 is 15.3 Å². The van der Waals surface area contributed by atoms with E-state index >= 15 is 0 Å². The van der Waals surface area contributed by atoms with Crippen molar-refractivity contribution >= 4 is 16.8 Å². The molecule has 6 nitrogen and oxygen atoms in total. The zero-order valence-electron chi connectivity index (χ0n) is 16.4. The molecule has 1 atom stereocenters. The average Bonchev–Trinajstić information content (AvgIpc) is 2.90. The lowest BCUT2D eigenvalue weighted by Gasteiger charge is -2.41. The first-order chi connectivity index (χ1) is 13.0. The van der Waals surface area contributed by atoms with Crippen LogP contribution in [0.2, 0.25) is 0 Å². The van der Waals surface area contributed by atoms with E-state index in [4.69, 9.17) is 0 Å². The van der Waals surface area contributed by atoms with Gasteiger partial charge in [-0.05, 0) is 50.7 Å². The summed E-state index contributed by atoms with van der Waals surface area (Å²) in [7, 11) is 1.94. The summed E-state index contributed by atoms with van der Waals surface area (Å²) < 4.78 is 1.88. The third-order valence-electron chi connectivity index (χ3n) is 6.20. The fourth-order valence-electron chi connectivity index (χ4n) is 4.36. The Morgan fingerprint density at radius 2 is 2.15 bits per heavy atom. The van der Waals surface area contributed by atoms with Gasteiger partial charge in [0.05, 0.1) is 11.2 Å². The Morgan fingerprint density at radius 3 is 2.89 bits per heavy atom. The maximum atomic E-state index is 12.8. The highest BCUT2D eigenvalue weighted by Gasteiger charge is 2.42. The van der Waals surface area contributed by atoms with Crippen molar-refractivity contribution in [1.29, 1.82) is 0 Å². The topological polar surface area (TPSA) is 70.4 Å². The van der Waals surface area contributed by atoms with Crippen LogP contribution in [0.1, 0.15) is 43.4 Å². The Kier molecular flexibility index (Phi) is 4.95. The second kappa shape index (κ2) is 7.24. The number of aryl methyl sites for hydroxylation is 2. The number of aliphatic hydroxyl groups is 1. The number of hydrogen-bond acceptors (Lipinski definition) is 4. The van der Waals surface area contributed by atoms with Gasteiger partial charge in [-0.1, -0.05) is 18.1 Å². The normalized spacial score (nSPS) is 23.8. The largest absolute Gasteiger partial charge is 0.379 e. The molecule has 0 bridgehead atoms. The van der Waals surface area contributed by atoms with Gasteiger partial charge in [0, 0.05) is 38.6 Å². The van der Waals surface area contributed by atoms with Gasteiger partial charge in [0.25, 0.3) is 5.91 Å². The van der Waals surface area contributed by atoms with Gasteiger partial charge >= 0.3 is 0 Å². The zero-order valence-corrected chi connectivity index (χ0v) is 16.4. The van der Waals surface area contributed by atoms with E-state index in [2.05, 4.69) is 35.5 Å². The maximum Gasteiger partial charge on any atom is 0.255 e. The lowest BCUT2D eigenvalue weighted by molar-refractivity contribution is -0.157. The third-order valence-corrected chi connectivity index (χ3v) is 6.20. The SMILES string of the molecule is Cc1ccc2c(c1)c(CNC[C@]1(O)CCCN(CC3CCC3)C1=O)nn2C. The first-order valence-electron chi connectivity index (χ1n) is 10.1. The summed E-state index contributed by atoms with van der Waals surface area (Å²) in [4.78, 5) is 14.7. The highest BCUT2D eigenvalue weighted by molar-refractivity contribution is 5.86. The first kappa shape index (κ1) is 18.4. The quantitative estimate of drug-likeness (QED) is 0.817. The summed E-state index contributed by atoms with van der Waals surface area (Å²) in [6, 6.07) is 6.30. The van der Waals surface area contributed by atoms with Gasteiger partial charge in [-0.15, -0.1) is 0 Å². The van der Waals surface area contributed by atoms with Crippen LogP contribution in [-0.4, -0.2) is 50.9 Å². The van der Waals surface area contributed by atoms with Crippen LogP contribution in [0.5, 0.6) is 0 Å². The van der Waals surface area contributed by atoms with Crippen LogP contribution in [0.15, 0.2) is 18.2 Å². The number of likely N-dealkylation sites (tertiary alicyclic amines) is 1. The first-order valence-corrected chi connectivity index (χ1v) is 10.1. The molecule has 1 aromatic carbocycles. The van der Waals surface area contributed by atoms with Gasteiger partial charge in [-0.25, -0.2) is 0 Å². The second-order valence-electron chi connectivity index (χ2n) is 8.38. The molecule has 0 radical (unpaired) electrons. The van der Waals surface area contributed by atoms with Crippen molar-refractivity contribution in [3.8, 4) is 0 Å². The molecule has 1 saturated carbocycles. The molecule has 0 spiro atoms. The van der Waals surface area contributed by atoms with Crippen molar-refractivity contribution < 1.29 is 9.90 Å². The summed E-state index contributed by atoms with van der Waals surface area (Å²) in [6.45, 7) is 4.48. The molecule has 1 aromatic heterocycles. The van der Waals surface area contributed by atoms with Crippen LogP contribution >= 0.6 is 0 Å². The molecular formula is C21H30N4O2. The average molecular weight is 370 g/mol. The maximum absolute atomic E-state index is 12.8. The molecule has 4 rings (SSSR count). The Labute approximate surface area is 160 Å². The molecule has 2 N–H and O–H groups in total. The molecule has 27 heavy (non-hydrogen) atoms. The van der Waals surface area contributed by atoms with Crippen LogP contribution < -0.4 is 5.32 Å². The molecule has 2 heterocycles. The van der Waals surface area contributed by atoms with Gasteiger partial charge in [0.1, 0.15) is 0 Å². The number of aromatic nitrogens is 2. The van der Waals surface area contributed by atoms with Gasteiger partial charge in [-0.2, -0.15) is 5.10 Å². The standard InChI is InChI=1S/C21H30N4O2/c1-15-7-8-19-17(11-15)18(23-24(19)2)12-22-14-21(27)9-4-10-25(20(21)26)13-16-5-3-6-16/h7-8,11,16,22,27H,3-6,9-10,12-14H2,1-2H3/t21-/m1/s1. The van der Waals surface area contributed by atoms with Crippen molar-refractivity contribution in [3.63, 3.8) is 0 Å². The van der Waals surface area contributed by atoms with Gasteiger partial charge in [-0.3, -0.25) is 9.48 Å². The van der Waals surface area contributed by atoms with E-state index < -0.39 is 5.60 Å². The van der Waals surface area contributed by atoms with Crippen molar-refractivity contribution in [3.05, 3.63) is 29.5 Å². The molecule has 2 fully saturated rings. The van der Waals surface area contributed by atoms with E-state index in [0.29, 0.717) is 18.9 Å². The number of nitrogens with zero attached hydrogens (tertiary/aromatic N) is 3. The molecule has 2 aliphatic rings. The number of benzene rings is 1. The Balaban J connectivity index is 1.40. The lowest BCUT2D eigenvalue weighted by atomic mass is 9.83. The molecule has 1 amide bonds. The molecule has 0 unspecified atom stereocenters. The second-order valence-corrected chi connectivity index (χ2v) is 8.38. The highest BCUT2D eigenvalue weighted by Crippen LogP contribution is 2.30. The Morgan fingerprint density at radius 1 is 1.33 bits per heavy atom. The van der Waals surface area contributed by atoms with Crippen molar-refractivity contribution in [2.24, 2.45) is 13.0 Å². The number of piperidine rings is 1. The van der Waals surface area contributed by atoms with Crippen molar-refractivity contribution in [2.45, 2.75) is 51.2 Å². The minimum Gasteiger partial charge on any atom is -0.379 e. The van der Waals surface area contributed by atoms with E-state index in [1.54, 1.807) is 0 Å².